The van der Waals surface area contributed by atoms with Gasteiger partial charge in [-0.05, 0) is 23.8 Å². The maximum atomic E-state index is 11.5. The Hall–Kier alpha value is -1.24. The highest BCUT2D eigenvalue weighted by molar-refractivity contribution is 8.26. The van der Waals surface area contributed by atoms with Crippen LogP contribution in [-0.2, 0) is 4.79 Å². The van der Waals surface area contributed by atoms with Crippen molar-refractivity contribution in [3.8, 4) is 11.5 Å². The zero-order valence-electron chi connectivity index (χ0n) is 8.86. The van der Waals surface area contributed by atoms with Gasteiger partial charge in [0.1, 0.15) is 4.32 Å². The highest BCUT2D eigenvalue weighted by Crippen LogP contribution is 2.40. The first kappa shape index (κ1) is 11.8. The third kappa shape index (κ3) is 2.07. The molecule has 1 saturated heterocycles. The molecule has 0 aromatic heterocycles. The van der Waals surface area contributed by atoms with E-state index in [0.29, 0.717) is 25.7 Å². The van der Waals surface area contributed by atoms with Crippen LogP contribution >= 0.6 is 35.6 Å². The zero-order valence-corrected chi connectivity index (χ0v) is 11.2. The Balaban J connectivity index is 1.99. The fourth-order valence-corrected chi connectivity index (χ4v) is 2.96. The van der Waals surface area contributed by atoms with E-state index in [1.807, 2.05) is 0 Å². The van der Waals surface area contributed by atoms with Gasteiger partial charge in [0.05, 0.1) is 9.93 Å². The van der Waals surface area contributed by atoms with E-state index in [0.717, 1.165) is 5.56 Å². The van der Waals surface area contributed by atoms with Gasteiger partial charge in [-0.15, -0.1) is 0 Å². The Morgan fingerprint density at radius 3 is 3.00 bits per heavy atom. The van der Waals surface area contributed by atoms with Crippen LogP contribution in [-0.4, -0.2) is 17.0 Å². The second kappa shape index (κ2) is 4.46. The van der Waals surface area contributed by atoms with Gasteiger partial charge in [-0.2, -0.15) is 0 Å². The number of thioether (sulfide) groups is 1. The molecule has 1 N–H and O–H groups in total. The number of rotatable bonds is 1. The molecule has 0 atom stereocenters. The van der Waals surface area contributed by atoms with Crippen LogP contribution in [0.15, 0.2) is 17.0 Å². The smallest absolute Gasteiger partial charge is 0.263 e. The lowest BCUT2D eigenvalue weighted by Gasteiger charge is -2.01. The van der Waals surface area contributed by atoms with E-state index in [4.69, 9.17) is 33.3 Å². The molecule has 18 heavy (non-hydrogen) atoms. The average Bonchev–Trinajstić information content (AvgIpc) is 2.86. The van der Waals surface area contributed by atoms with Crippen molar-refractivity contribution in [2.75, 3.05) is 6.79 Å². The SMILES string of the molecule is O=C1NC(=S)S/C1=C/c1cc(Cl)c2c(c1)OCO2. The number of fused-ring (bicyclic) bond motifs is 1. The molecular formula is C11H6ClNO3S2. The molecule has 1 aromatic carbocycles. The number of hydrogen-bond acceptors (Lipinski definition) is 5. The van der Waals surface area contributed by atoms with Crippen LogP contribution in [0.3, 0.4) is 0 Å². The zero-order chi connectivity index (χ0) is 12.7. The van der Waals surface area contributed by atoms with Gasteiger partial charge < -0.3 is 14.8 Å². The summed E-state index contributed by atoms with van der Waals surface area (Å²) in [4.78, 5) is 12.1. The quantitative estimate of drug-likeness (QED) is 0.638. The monoisotopic (exact) mass is 299 g/mol. The van der Waals surface area contributed by atoms with Crippen molar-refractivity contribution >= 4 is 51.9 Å². The fourth-order valence-electron chi connectivity index (χ4n) is 1.64. The molecular weight excluding hydrogens is 294 g/mol. The lowest BCUT2D eigenvalue weighted by molar-refractivity contribution is -0.115. The molecule has 1 fully saturated rings. The van der Waals surface area contributed by atoms with Gasteiger partial charge in [-0.3, -0.25) is 4.79 Å². The molecule has 1 aromatic rings. The van der Waals surface area contributed by atoms with E-state index in [1.165, 1.54) is 11.8 Å². The maximum Gasteiger partial charge on any atom is 0.263 e. The van der Waals surface area contributed by atoms with E-state index in [-0.39, 0.29) is 12.7 Å². The number of thiocarbonyl (C=S) groups is 1. The van der Waals surface area contributed by atoms with Crippen molar-refractivity contribution < 1.29 is 14.3 Å². The second-order valence-electron chi connectivity index (χ2n) is 3.59. The first-order chi connectivity index (χ1) is 8.63. The van der Waals surface area contributed by atoms with Crippen molar-refractivity contribution in [1.29, 1.82) is 0 Å². The maximum absolute atomic E-state index is 11.5. The Morgan fingerprint density at radius 2 is 2.28 bits per heavy atom. The van der Waals surface area contributed by atoms with Crippen LogP contribution < -0.4 is 14.8 Å². The molecule has 0 unspecified atom stereocenters. The summed E-state index contributed by atoms with van der Waals surface area (Å²) in [5.74, 6) is 0.928. The molecule has 0 spiro atoms. The van der Waals surface area contributed by atoms with Gasteiger partial charge in [0.25, 0.3) is 5.91 Å². The van der Waals surface area contributed by atoms with Crippen LogP contribution in [0.1, 0.15) is 5.56 Å². The number of ether oxygens (including phenoxy) is 2. The lowest BCUT2D eigenvalue weighted by atomic mass is 10.2. The molecule has 0 saturated carbocycles. The lowest BCUT2D eigenvalue weighted by Crippen LogP contribution is -2.17. The summed E-state index contributed by atoms with van der Waals surface area (Å²) in [6, 6.07) is 3.49. The molecule has 2 aliphatic rings. The standard InChI is InChI=1S/C11H6ClNO3S2/c12-6-1-5(2-7-9(6)16-4-15-7)3-8-10(14)13-11(17)18-8/h1-3H,4H2,(H,13,14,17)/b8-3+. The van der Waals surface area contributed by atoms with Crippen molar-refractivity contribution in [3.05, 3.63) is 27.6 Å². The molecule has 0 aliphatic carbocycles. The molecule has 0 radical (unpaired) electrons. The normalized spacial score (nSPS) is 19.5. The molecule has 7 heteroatoms. The van der Waals surface area contributed by atoms with Crippen molar-refractivity contribution in [3.63, 3.8) is 0 Å². The molecule has 2 heterocycles. The Morgan fingerprint density at radius 1 is 1.44 bits per heavy atom. The van der Waals surface area contributed by atoms with Crippen molar-refractivity contribution in [2.24, 2.45) is 0 Å². The topological polar surface area (TPSA) is 47.6 Å². The minimum absolute atomic E-state index is 0.161. The highest BCUT2D eigenvalue weighted by atomic mass is 35.5. The van der Waals surface area contributed by atoms with Crippen molar-refractivity contribution in [2.45, 2.75) is 0 Å². The molecule has 92 valence electrons. The van der Waals surface area contributed by atoms with Crippen molar-refractivity contribution in [1.82, 2.24) is 5.32 Å². The Kier molecular flexibility index (Phi) is 2.93. The third-order valence-corrected chi connectivity index (χ3v) is 3.83. The summed E-state index contributed by atoms with van der Waals surface area (Å²) in [6.07, 6.45) is 1.72. The van der Waals surface area contributed by atoms with Crippen LogP contribution in [0.5, 0.6) is 11.5 Å². The molecule has 2 aliphatic heterocycles. The number of nitrogens with one attached hydrogen (secondary N) is 1. The predicted octanol–water partition coefficient (Wildman–Crippen LogP) is 2.56. The summed E-state index contributed by atoms with van der Waals surface area (Å²) >= 11 is 12.2. The van der Waals surface area contributed by atoms with E-state index < -0.39 is 0 Å². The first-order valence-corrected chi connectivity index (χ1v) is 6.58. The van der Waals surface area contributed by atoms with Crippen LogP contribution in [0, 0.1) is 0 Å². The number of benzene rings is 1. The summed E-state index contributed by atoms with van der Waals surface area (Å²) < 4.78 is 10.9. The average molecular weight is 300 g/mol. The number of halogens is 1. The summed E-state index contributed by atoms with van der Waals surface area (Å²) in [6.45, 7) is 0.161. The Labute approximate surface area is 117 Å². The van der Waals surface area contributed by atoms with Gasteiger partial charge in [0, 0.05) is 0 Å². The van der Waals surface area contributed by atoms with E-state index >= 15 is 0 Å². The molecule has 1 amide bonds. The second-order valence-corrected chi connectivity index (χ2v) is 5.71. The largest absolute Gasteiger partial charge is 0.454 e. The summed E-state index contributed by atoms with van der Waals surface area (Å²) in [5, 5.41) is 3.01. The third-order valence-electron chi connectivity index (χ3n) is 2.39. The highest BCUT2D eigenvalue weighted by Gasteiger charge is 2.23. The number of carbonyl (C=O) groups is 1. The van der Waals surface area contributed by atoms with Gasteiger partial charge >= 0.3 is 0 Å². The number of carbonyl (C=O) groups excluding carboxylic acids is 1. The van der Waals surface area contributed by atoms with E-state index in [2.05, 4.69) is 5.32 Å². The van der Waals surface area contributed by atoms with E-state index in [1.54, 1.807) is 18.2 Å². The molecule has 3 rings (SSSR count). The minimum Gasteiger partial charge on any atom is -0.454 e. The number of amides is 1. The fraction of sp³-hybridized carbons (Fsp3) is 0.0909. The number of hydrogen-bond donors (Lipinski definition) is 1. The van der Waals surface area contributed by atoms with Gasteiger partial charge in [-0.1, -0.05) is 35.6 Å². The van der Waals surface area contributed by atoms with Crippen LogP contribution in [0.2, 0.25) is 5.02 Å². The van der Waals surface area contributed by atoms with E-state index in [9.17, 15) is 4.79 Å². The predicted molar refractivity (Wildman–Crippen MR) is 73.9 cm³/mol. The minimum atomic E-state index is -0.196. The van der Waals surface area contributed by atoms with Gasteiger partial charge in [-0.25, -0.2) is 0 Å². The molecule has 0 bridgehead atoms. The first-order valence-electron chi connectivity index (χ1n) is 4.97. The van der Waals surface area contributed by atoms with Gasteiger partial charge in [0.15, 0.2) is 11.5 Å². The summed E-state index contributed by atoms with van der Waals surface area (Å²) in [7, 11) is 0. The van der Waals surface area contributed by atoms with Crippen LogP contribution in [0.4, 0.5) is 0 Å². The van der Waals surface area contributed by atoms with Crippen LogP contribution in [0.25, 0.3) is 6.08 Å². The van der Waals surface area contributed by atoms with Gasteiger partial charge in [0.2, 0.25) is 6.79 Å². The summed E-state index contributed by atoms with van der Waals surface area (Å²) in [5.41, 5.74) is 0.770. The Bertz CT molecular complexity index is 600. The molecule has 4 nitrogen and oxygen atoms in total.